The van der Waals surface area contributed by atoms with E-state index in [4.69, 9.17) is 14.5 Å². The molecule has 0 bridgehead atoms. The Labute approximate surface area is 222 Å². The highest BCUT2D eigenvalue weighted by atomic mass is 32.2. The number of thioether (sulfide) groups is 1. The summed E-state index contributed by atoms with van der Waals surface area (Å²) in [7, 11) is 5.59. The molecule has 0 aliphatic carbocycles. The van der Waals surface area contributed by atoms with Crippen molar-refractivity contribution in [2.24, 2.45) is 4.99 Å². The number of ether oxygens (including phenoxy) is 2. The van der Waals surface area contributed by atoms with Crippen LogP contribution in [0.2, 0.25) is 0 Å². The minimum absolute atomic E-state index is 0.0388. The minimum Gasteiger partial charge on any atom is -0.497 e. The van der Waals surface area contributed by atoms with Gasteiger partial charge in [-0.3, -0.25) is 4.90 Å². The van der Waals surface area contributed by atoms with E-state index in [2.05, 4.69) is 95.1 Å². The number of rotatable bonds is 5. The molecule has 3 aliphatic rings. The summed E-state index contributed by atoms with van der Waals surface area (Å²) in [6.07, 6.45) is 2.26. The van der Waals surface area contributed by atoms with Gasteiger partial charge in [0.15, 0.2) is 5.17 Å². The van der Waals surface area contributed by atoms with E-state index in [1.807, 2.05) is 12.1 Å². The Balaban J connectivity index is 1.49. The SMILES string of the molecule is COc1ccc(C=C2CN(C)CC3=C2N=C2SC=C(c4ccccc4)N2C3c2ccc(OC)cc2)cc1. The van der Waals surface area contributed by atoms with E-state index >= 15 is 0 Å². The van der Waals surface area contributed by atoms with Crippen LogP contribution >= 0.6 is 11.8 Å². The summed E-state index contributed by atoms with van der Waals surface area (Å²) in [6, 6.07) is 27.3. The van der Waals surface area contributed by atoms with Crippen LogP contribution in [0.3, 0.4) is 0 Å². The lowest BCUT2D eigenvalue weighted by atomic mass is 9.88. The molecule has 3 aliphatic heterocycles. The fourth-order valence-electron chi connectivity index (χ4n) is 5.23. The summed E-state index contributed by atoms with van der Waals surface area (Å²) in [4.78, 5) is 10.1. The highest BCUT2D eigenvalue weighted by Crippen LogP contribution is 2.49. The first-order chi connectivity index (χ1) is 18.1. The van der Waals surface area contributed by atoms with Crippen LogP contribution in [0.1, 0.15) is 22.7 Å². The molecule has 0 N–H and O–H groups in total. The number of aliphatic imine (C=N–C) groups is 1. The molecular formula is C31H29N3O2S. The van der Waals surface area contributed by atoms with Crippen LogP contribution in [0.5, 0.6) is 11.5 Å². The van der Waals surface area contributed by atoms with Crippen LogP contribution in [0.15, 0.2) is 106 Å². The van der Waals surface area contributed by atoms with Gasteiger partial charge in [-0.25, -0.2) is 4.99 Å². The molecule has 5 nitrogen and oxygen atoms in total. The third kappa shape index (κ3) is 4.47. The average molecular weight is 508 g/mol. The van der Waals surface area contributed by atoms with Gasteiger partial charge in [0.05, 0.1) is 31.7 Å². The smallest absolute Gasteiger partial charge is 0.174 e. The molecule has 3 heterocycles. The van der Waals surface area contributed by atoms with Crippen molar-refractivity contribution >= 4 is 28.7 Å². The predicted molar refractivity (Wildman–Crippen MR) is 153 cm³/mol. The van der Waals surface area contributed by atoms with Gasteiger partial charge in [0.25, 0.3) is 0 Å². The number of nitrogens with zero attached hydrogens (tertiary/aromatic N) is 3. The maximum absolute atomic E-state index is 5.47. The van der Waals surface area contributed by atoms with E-state index in [0.29, 0.717) is 0 Å². The van der Waals surface area contributed by atoms with Crippen LogP contribution < -0.4 is 9.47 Å². The number of likely N-dealkylation sites (N-methyl/N-ethyl adjacent to an activating group) is 1. The van der Waals surface area contributed by atoms with E-state index in [-0.39, 0.29) is 6.04 Å². The van der Waals surface area contributed by atoms with Crippen LogP contribution in [-0.2, 0) is 0 Å². The Morgan fingerprint density at radius 3 is 2.22 bits per heavy atom. The van der Waals surface area contributed by atoms with E-state index in [0.717, 1.165) is 41.0 Å². The minimum atomic E-state index is 0.0388. The molecule has 1 unspecified atom stereocenters. The Bertz CT molecular complexity index is 1420. The molecule has 6 heteroatoms. The highest BCUT2D eigenvalue weighted by molar-refractivity contribution is 8.16. The van der Waals surface area contributed by atoms with Crippen LogP contribution in [0.4, 0.5) is 0 Å². The first-order valence-electron chi connectivity index (χ1n) is 12.4. The van der Waals surface area contributed by atoms with Crippen LogP contribution in [0, 0.1) is 0 Å². The van der Waals surface area contributed by atoms with E-state index < -0.39 is 0 Å². The second kappa shape index (κ2) is 9.96. The van der Waals surface area contributed by atoms with E-state index in [1.54, 1.807) is 26.0 Å². The van der Waals surface area contributed by atoms with Crippen molar-refractivity contribution in [2.75, 3.05) is 34.4 Å². The molecule has 0 saturated carbocycles. The van der Waals surface area contributed by atoms with Crippen molar-refractivity contribution in [3.63, 3.8) is 0 Å². The number of methoxy groups -OCH3 is 2. The Morgan fingerprint density at radius 2 is 1.54 bits per heavy atom. The second-order valence-electron chi connectivity index (χ2n) is 9.42. The predicted octanol–water partition coefficient (Wildman–Crippen LogP) is 6.45. The monoisotopic (exact) mass is 507 g/mol. The molecular weight excluding hydrogens is 478 g/mol. The van der Waals surface area contributed by atoms with Gasteiger partial charge in [-0.05, 0) is 65.2 Å². The Morgan fingerprint density at radius 1 is 0.865 bits per heavy atom. The van der Waals surface area contributed by atoms with Gasteiger partial charge in [-0.15, -0.1) is 0 Å². The van der Waals surface area contributed by atoms with Crippen molar-refractivity contribution < 1.29 is 9.47 Å². The molecule has 186 valence electrons. The molecule has 0 fully saturated rings. The maximum Gasteiger partial charge on any atom is 0.174 e. The molecule has 3 aromatic rings. The van der Waals surface area contributed by atoms with Gasteiger partial charge in [-0.2, -0.15) is 0 Å². The lowest BCUT2D eigenvalue weighted by molar-refractivity contribution is 0.344. The van der Waals surface area contributed by atoms with Gasteiger partial charge >= 0.3 is 0 Å². The Hall–Kier alpha value is -3.74. The molecule has 0 saturated heterocycles. The van der Waals surface area contributed by atoms with Crippen molar-refractivity contribution in [1.82, 2.24) is 9.80 Å². The summed E-state index contributed by atoms with van der Waals surface area (Å²) < 4.78 is 10.8. The quantitative estimate of drug-likeness (QED) is 0.397. The number of benzene rings is 3. The number of hydrogen-bond donors (Lipinski definition) is 0. The summed E-state index contributed by atoms with van der Waals surface area (Å²) in [6.45, 7) is 1.70. The molecule has 6 rings (SSSR count). The molecule has 0 radical (unpaired) electrons. The topological polar surface area (TPSA) is 37.3 Å². The first-order valence-corrected chi connectivity index (χ1v) is 13.2. The summed E-state index contributed by atoms with van der Waals surface area (Å²) in [5, 5.41) is 3.25. The largest absolute Gasteiger partial charge is 0.497 e. The summed E-state index contributed by atoms with van der Waals surface area (Å²) >= 11 is 1.70. The fraction of sp³-hybridized carbons (Fsp3) is 0.194. The van der Waals surface area contributed by atoms with E-state index in [9.17, 15) is 0 Å². The zero-order valence-corrected chi connectivity index (χ0v) is 22.0. The van der Waals surface area contributed by atoms with Crippen LogP contribution in [-0.4, -0.2) is 49.3 Å². The number of amidine groups is 1. The molecule has 1 atom stereocenters. The zero-order valence-electron chi connectivity index (χ0n) is 21.2. The Kier molecular flexibility index (Phi) is 6.37. The van der Waals surface area contributed by atoms with Gasteiger partial charge in [0, 0.05) is 18.5 Å². The third-order valence-electron chi connectivity index (χ3n) is 6.98. The second-order valence-corrected chi connectivity index (χ2v) is 10.3. The third-order valence-corrected chi connectivity index (χ3v) is 7.82. The number of hydrogen-bond acceptors (Lipinski definition) is 6. The van der Waals surface area contributed by atoms with Gasteiger partial charge in [-0.1, -0.05) is 66.4 Å². The van der Waals surface area contributed by atoms with Gasteiger partial charge < -0.3 is 14.4 Å². The highest BCUT2D eigenvalue weighted by Gasteiger charge is 2.41. The van der Waals surface area contributed by atoms with Gasteiger partial charge in [0.1, 0.15) is 11.5 Å². The lowest BCUT2D eigenvalue weighted by Crippen LogP contribution is -2.40. The molecule has 3 aromatic carbocycles. The van der Waals surface area contributed by atoms with Crippen molar-refractivity contribution in [3.8, 4) is 11.5 Å². The first kappa shape index (κ1) is 23.6. The molecule has 37 heavy (non-hydrogen) atoms. The van der Waals surface area contributed by atoms with Gasteiger partial charge in [0.2, 0.25) is 0 Å². The summed E-state index contributed by atoms with van der Waals surface area (Å²) in [5.41, 5.74) is 8.40. The van der Waals surface area contributed by atoms with Crippen molar-refractivity contribution in [3.05, 3.63) is 118 Å². The zero-order chi connectivity index (χ0) is 25.4. The van der Waals surface area contributed by atoms with Crippen molar-refractivity contribution in [2.45, 2.75) is 6.04 Å². The maximum atomic E-state index is 5.47. The molecule has 0 spiro atoms. The standard InChI is InChI=1S/C31H29N3O2S/c1-33-18-24(17-21-9-13-25(35-2)14-10-21)29-27(19-33)30(23-11-15-26(36-3)16-12-23)34-28(20-37-31(34)32-29)22-7-5-4-6-8-22/h4-17,20,30H,18-19H2,1-3H3. The molecule has 0 amide bonds. The van der Waals surface area contributed by atoms with E-state index in [1.165, 1.54) is 28.0 Å². The molecule has 0 aromatic heterocycles. The summed E-state index contributed by atoms with van der Waals surface area (Å²) in [5.74, 6) is 1.72. The number of fused-ring (bicyclic) bond motifs is 1. The van der Waals surface area contributed by atoms with Crippen molar-refractivity contribution in [1.29, 1.82) is 0 Å². The average Bonchev–Trinajstić information content (AvgIpc) is 3.36. The normalized spacial score (nSPS) is 20.4. The lowest BCUT2D eigenvalue weighted by Gasteiger charge is -2.42. The fourth-order valence-corrected chi connectivity index (χ4v) is 6.16. The van der Waals surface area contributed by atoms with Crippen LogP contribution in [0.25, 0.3) is 11.8 Å².